The Morgan fingerprint density at radius 2 is 1.17 bits per heavy atom. The van der Waals surface area contributed by atoms with Crippen LogP contribution in [0.5, 0.6) is 11.5 Å². The summed E-state index contributed by atoms with van der Waals surface area (Å²) in [5, 5.41) is 17.8. The molecule has 0 aromatic heterocycles. The molecule has 35 heavy (non-hydrogen) atoms. The molecule has 196 valence electrons. The summed E-state index contributed by atoms with van der Waals surface area (Å²) in [5.41, 5.74) is 1.76. The predicted octanol–water partition coefficient (Wildman–Crippen LogP) is 7.41. The predicted molar refractivity (Wildman–Crippen MR) is 141 cm³/mol. The zero-order valence-corrected chi connectivity index (χ0v) is 21.7. The van der Waals surface area contributed by atoms with E-state index in [-0.39, 0.29) is 19.0 Å². The van der Waals surface area contributed by atoms with Gasteiger partial charge in [-0.05, 0) is 98.6 Å². The number of aliphatic hydroxyl groups excluding tert-OH is 2. The Kier molecular flexibility index (Phi) is 14.4. The first-order valence-electron chi connectivity index (χ1n) is 13.4. The fraction of sp³-hybridized carbons (Fsp3) is 0.600. The van der Waals surface area contributed by atoms with Gasteiger partial charge in [-0.25, -0.2) is 4.39 Å². The molecule has 0 saturated carbocycles. The molecule has 0 amide bonds. The van der Waals surface area contributed by atoms with Gasteiger partial charge in [-0.1, -0.05) is 44.9 Å². The highest BCUT2D eigenvalue weighted by molar-refractivity contribution is 5.65. The normalized spacial score (nSPS) is 12.9. The van der Waals surface area contributed by atoms with Gasteiger partial charge in [0, 0.05) is 13.2 Å². The lowest BCUT2D eigenvalue weighted by Crippen LogP contribution is -2.02. The summed E-state index contributed by atoms with van der Waals surface area (Å²) in [4.78, 5) is 0. The molecule has 0 aliphatic heterocycles. The van der Waals surface area contributed by atoms with Gasteiger partial charge in [0.15, 0.2) is 11.6 Å². The average Bonchev–Trinajstić information content (AvgIpc) is 2.87. The van der Waals surface area contributed by atoms with Gasteiger partial charge in [-0.3, -0.25) is 0 Å². The van der Waals surface area contributed by atoms with Crippen molar-refractivity contribution in [2.24, 2.45) is 11.8 Å². The van der Waals surface area contributed by atoms with E-state index in [4.69, 9.17) is 19.7 Å². The maximum absolute atomic E-state index is 14.6. The molecule has 2 aromatic carbocycles. The Balaban J connectivity index is 1.70. The third-order valence-corrected chi connectivity index (χ3v) is 6.54. The van der Waals surface area contributed by atoms with Crippen LogP contribution < -0.4 is 9.47 Å². The van der Waals surface area contributed by atoms with Crippen LogP contribution in [0, 0.1) is 17.7 Å². The standard InChI is InChI=1S/C30H45FO4/c1-24(11-7-19-32)9-3-5-21-34-28-16-13-26(14-17-28)27-15-18-30(29(31)23-27)35-22-6-4-10-25(2)12-8-20-33/h13-18,23-25,32-33H,3-12,19-22H2,1-2H3. The van der Waals surface area contributed by atoms with Crippen molar-refractivity contribution in [1.82, 2.24) is 0 Å². The summed E-state index contributed by atoms with van der Waals surface area (Å²) in [6, 6.07) is 12.9. The van der Waals surface area contributed by atoms with Crippen LogP contribution in [0.3, 0.4) is 0 Å². The highest BCUT2D eigenvalue weighted by Gasteiger charge is 2.08. The first-order valence-corrected chi connectivity index (χ1v) is 13.4. The molecule has 0 bridgehead atoms. The molecular weight excluding hydrogens is 443 g/mol. The van der Waals surface area contributed by atoms with Crippen LogP contribution in [0.25, 0.3) is 11.1 Å². The van der Waals surface area contributed by atoms with Crippen molar-refractivity contribution in [2.75, 3.05) is 26.4 Å². The van der Waals surface area contributed by atoms with E-state index in [9.17, 15) is 4.39 Å². The van der Waals surface area contributed by atoms with E-state index in [0.717, 1.165) is 81.1 Å². The molecule has 0 heterocycles. The first-order chi connectivity index (χ1) is 17.0. The maximum atomic E-state index is 14.6. The van der Waals surface area contributed by atoms with Gasteiger partial charge in [-0.15, -0.1) is 0 Å². The van der Waals surface area contributed by atoms with Crippen LogP contribution in [-0.4, -0.2) is 36.6 Å². The number of rotatable bonds is 19. The molecule has 2 atom stereocenters. The Labute approximate surface area is 211 Å². The molecule has 5 heteroatoms. The second-order valence-electron chi connectivity index (χ2n) is 9.80. The van der Waals surface area contributed by atoms with E-state index in [1.54, 1.807) is 6.07 Å². The molecule has 0 spiro atoms. The van der Waals surface area contributed by atoms with Gasteiger partial charge in [-0.2, -0.15) is 0 Å². The fourth-order valence-corrected chi connectivity index (χ4v) is 4.27. The molecule has 2 rings (SSSR count). The Morgan fingerprint density at radius 1 is 0.657 bits per heavy atom. The second-order valence-corrected chi connectivity index (χ2v) is 9.80. The van der Waals surface area contributed by atoms with Gasteiger partial charge in [0.05, 0.1) is 13.2 Å². The van der Waals surface area contributed by atoms with E-state index in [2.05, 4.69) is 13.8 Å². The molecule has 2 N–H and O–H groups in total. The summed E-state index contributed by atoms with van der Waals surface area (Å²) < 4.78 is 26.1. The molecule has 2 aromatic rings. The molecule has 2 unspecified atom stereocenters. The van der Waals surface area contributed by atoms with E-state index >= 15 is 0 Å². The topological polar surface area (TPSA) is 58.9 Å². The minimum Gasteiger partial charge on any atom is -0.494 e. The Morgan fingerprint density at radius 3 is 1.71 bits per heavy atom. The van der Waals surface area contributed by atoms with Crippen molar-refractivity contribution in [2.45, 2.75) is 78.1 Å². The Bertz CT molecular complexity index is 809. The SMILES string of the molecule is CC(CCCO)CCCCOc1ccc(-c2ccc(OCCCCC(C)CCCO)c(F)c2)cc1. The van der Waals surface area contributed by atoms with Crippen molar-refractivity contribution in [3.63, 3.8) is 0 Å². The van der Waals surface area contributed by atoms with Crippen LogP contribution in [0.1, 0.15) is 78.1 Å². The highest BCUT2D eigenvalue weighted by atomic mass is 19.1. The van der Waals surface area contributed by atoms with Crippen LogP contribution in [0.4, 0.5) is 4.39 Å². The van der Waals surface area contributed by atoms with Gasteiger partial charge in [0.1, 0.15) is 5.75 Å². The van der Waals surface area contributed by atoms with Gasteiger partial charge < -0.3 is 19.7 Å². The molecular formula is C30H45FO4. The molecule has 0 radical (unpaired) electrons. The third kappa shape index (κ3) is 11.9. The smallest absolute Gasteiger partial charge is 0.165 e. The quantitative estimate of drug-likeness (QED) is 0.202. The van der Waals surface area contributed by atoms with Crippen molar-refractivity contribution in [1.29, 1.82) is 0 Å². The van der Waals surface area contributed by atoms with Gasteiger partial charge >= 0.3 is 0 Å². The zero-order chi connectivity index (χ0) is 25.3. The number of hydrogen-bond acceptors (Lipinski definition) is 4. The second kappa shape index (κ2) is 17.3. The number of hydrogen-bond donors (Lipinski definition) is 2. The van der Waals surface area contributed by atoms with E-state index in [1.165, 1.54) is 6.07 Å². The van der Waals surface area contributed by atoms with Crippen molar-refractivity contribution >= 4 is 0 Å². The highest BCUT2D eigenvalue weighted by Crippen LogP contribution is 2.27. The Hall–Kier alpha value is -2.11. The number of ether oxygens (including phenoxy) is 2. The summed E-state index contributed by atoms with van der Waals surface area (Å²) in [6.07, 6.45) is 10.2. The number of halogens is 1. The van der Waals surface area contributed by atoms with Crippen LogP contribution in [0.15, 0.2) is 42.5 Å². The lowest BCUT2D eigenvalue weighted by Gasteiger charge is -2.12. The minimum absolute atomic E-state index is 0.258. The monoisotopic (exact) mass is 488 g/mol. The number of aliphatic hydroxyl groups is 2. The lowest BCUT2D eigenvalue weighted by molar-refractivity contribution is 0.265. The average molecular weight is 489 g/mol. The van der Waals surface area contributed by atoms with Gasteiger partial charge in [0.25, 0.3) is 0 Å². The minimum atomic E-state index is -0.340. The van der Waals surface area contributed by atoms with E-state index in [1.807, 2.05) is 30.3 Å². The number of benzene rings is 2. The summed E-state index contributed by atoms with van der Waals surface area (Å²) in [5.74, 6) is 2.04. The molecule has 0 aliphatic rings. The molecule has 0 aliphatic carbocycles. The summed E-state index contributed by atoms with van der Waals surface area (Å²) in [7, 11) is 0. The molecule has 0 fully saturated rings. The van der Waals surface area contributed by atoms with Crippen LogP contribution in [0.2, 0.25) is 0 Å². The summed E-state index contributed by atoms with van der Waals surface area (Å²) >= 11 is 0. The van der Waals surface area contributed by atoms with E-state index < -0.39 is 0 Å². The van der Waals surface area contributed by atoms with E-state index in [0.29, 0.717) is 30.8 Å². The van der Waals surface area contributed by atoms with Crippen molar-refractivity contribution < 1.29 is 24.1 Å². The maximum Gasteiger partial charge on any atom is 0.165 e. The largest absolute Gasteiger partial charge is 0.494 e. The molecule has 0 saturated heterocycles. The number of unbranched alkanes of at least 4 members (excludes halogenated alkanes) is 2. The zero-order valence-electron chi connectivity index (χ0n) is 21.7. The third-order valence-electron chi connectivity index (χ3n) is 6.54. The van der Waals surface area contributed by atoms with Crippen LogP contribution >= 0.6 is 0 Å². The lowest BCUT2D eigenvalue weighted by atomic mass is 9.99. The van der Waals surface area contributed by atoms with Gasteiger partial charge in [0.2, 0.25) is 0 Å². The summed E-state index contributed by atoms with van der Waals surface area (Å²) in [6.45, 7) is 6.18. The fourth-order valence-electron chi connectivity index (χ4n) is 4.27. The van der Waals surface area contributed by atoms with Crippen molar-refractivity contribution in [3.8, 4) is 22.6 Å². The van der Waals surface area contributed by atoms with Crippen molar-refractivity contribution in [3.05, 3.63) is 48.3 Å². The first kappa shape index (κ1) is 29.1. The molecule has 4 nitrogen and oxygen atoms in total. The van der Waals surface area contributed by atoms with Crippen LogP contribution in [-0.2, 0) is 0 Å².